The number of amides is 5. The number of methoxy groups -OCH3 is 1. The first-order valence-electron chi connectivity index (χ1n) is 11.1. The van der Waals surface area contributed by atoms with Crippen LogP contribution in [0.2, 0.25) is 0 Å². The molecular weight excluding hydrogens is 432 g/mol. The van der Waals surface area contributed by atoms with E-state index in [4.69, 9.17) is 10.5 Å². The molecule has 0 spiro atoms. The molecule has 0 saturated heterocycles. The van der Waals surface area contributed by atoms with Crippen molar-refractivity contribution in [3.05, 3.63) is 0 Å². The summed E-state index contributed by atoms with van der Waals surface area (Å²) in [7, 11) is 3.14. The van der Waals surface area contributed by atoms with Gasteiger partial charge in [-0.15, -0.1) is 0 Å². The Kier molecular flexibility index (Phi) is 15.4. The Morgan fingerprint density at radius 2 is 1.58 bits per heavy atom. The van der Waals surface area contributed by atoms with Crippen LogP contribution in [-0.4, -0.2) is 81.5 Å². The van der Waals surface area contributed by atoms with Crippen molar-refractivity contribution in [1.82, 2.24) is 26.6 Å². The standard InChI is InChI=1S/C21H40N6O6/c1-13(2)18(20(31)26-15(14(3)28)7-6-10-25-21(22)32)27-19(30)16(23-4)8-9-17(29)24-11-12-33-5/h13,15-16,18,23H,6-12H2,1-5H3,(H,24,29)(H,26,31)(H,27,30)(H3,22,25,32). The molecule has 12 nitrogen and oxygen atoms in total. The minimum Gasteiger partial charge on any atom is -0.383 e. The first-order valence-corrected chi connectivity index (χ1v) is 11.1. The molecule has 0 saturated carbocycles. The van der Waals surface area contributed by atoms with Gasteiger partial charge in [0.1, 0.15) is 6.04 Å². The number of likely N-dealkylation sites (N-methyl/N-ethyl adjacent to an activating group) is 1. The van der Waals surface area contributed by atoms with Crippen LogP contribution in [0, 0.1) is 5.92 Å². The number of primary amides is 1. The van der Waals surface area contributed by atoms with Gasteiger partial charge in [-0.3, -0.25) is 19.2 Å². The second kappa shape index (κ2) is 16.8. The van der Waals surface area contributed by atoms with E-state index in [1.165, 1.54) is 14.0 Å². The molecule has 7 N–H and O–H groups in total. The number of Topliss-reactive ketones (excluding diaryl/α,β-unsaturated/α-hetero) is 1. The lowest BCUT2D eigenvalue weighted by Crippen LogP contribution is -2.56. The fourth-order valence-corrected chi connectivity index (χ4v) is 3.01. The second-order valence-corrected chi connectivity index (χ2v) is 8.06. The molecule has 0 radical (unpaired) electrons. The molecule has 0 aliphatic carbocycles. The first-order chi connectivity index (χ1) is 15.5. The summed E-state index contributed by atoms with van der Waals surface area (Å²) in [5.41, 5.74) is 5.01. The predicted octanol–water partition coefficient (Wildman–Crippen LogP) is -1.22. The van der Waals surface area contributed by atoms with Gasteiger partial charge < -0.3 is 37.1 Å². The average Bonchev–Trinajstić information content (AvgIpc) is 2.73. The van der Waals surface area contributed by atoms with Gasteiger partial charge in [-0.05, 0) is 39.2 Å². The molecule has 0 aromatic carbocycles. The van der Waals surface area contributed by atoms with E-state index in [1.807, 2.05) is 0 Å². The number of hydrogen-bond acceptors (Lipinski definition) is 7. The van der Waals surface area contributed by atoms with Crippen LogP contribution in [0.4, 0.5) is 4.79 Å². The van der Waals surface area contributed by atoms with E-state index in [2.05, 4.69) is 26.6 Å². The number of ketones is 1. The average molecular weight is 473 g/mol. The fraction of sp³-hybridized carbons (Fsp3) is 0.762. The van der Waals surface area contributed by atoms with Gasteiger partial charge in [0.2, 0.25) is 17.7 Å². The van der Waals surface area contributed by atoms with Crippen LogP contribution in [0.5, 0.6) is 0 Å². The third kappa shape index (κ3) is 13.4. The van der Waals surface area contributed by atoms with Crippen molar-refractivity contribution in [2.45, 2.75) is 64.6 Å². The zero-order chi connectivity index (χ0) is 25.4. The summed E-state index contributed by atoms with van der Waals surface area (Å²) in [5, 5.41) is 13.4. The van der Waals surface area contributed by atoms with Crippen LogP contribution in [0.25, 0.3) is 0 Å². The molecule has 0 rings (SSSR count). The van der Waals surface area contributed by atoms with Crippen LogP contribution >= 0.6 is 0 Å². The van der Waals surface area contributed by atoms with E-state index in [0.717, 1.165) is 0 Å². The number of hydrogen-bond donors (Lipinski definition) is 6. The van der Waals surface area contributed by atoms with Gasteiger partial charge in [-0.1, -0.05) is 13.8 Å². The molecule has 0 aromatic heterocycles. The van der Waals surface area contributed by atoms with E-state index in [0.29, 0.717) is 26.0 Å². The maximum absolute atomic E-state index is 12.8. The van der Waals surface area contributed by atoms with Crippen LogP contribution < -0.4 is 32.3 Å². The lowest BCUT2D eigenvalue weighted by atomic mass is 10.0. The predicted molar refractivity (Wildman–Crippen MR) is 123 cm³/mol. The van der Waals surface area contributed by atoms with Gasteiger partial charge in [-0.25, -0.2) is 4.79 Å². The number of nitrogens with two attached hydrogens (primary N) is 1. The highest BCUT2D eigenvalue weighted by atomic mass is 16.5. The minimum absolute atomic E-state index is 0.132. The molecule has 0 aliphatic heterocycles. The lowest BCUT2D eigenvalue weighted by Gasteiger charge is -2.26. The van der Waals surface area contributed by atoms with E-state index in [-0.39, 0.29) is 37.0 Å². The Balaban J connectivity index is 4.90. The van der Waals surface area contributed by atoms with Gasteiger partial charge in [0.05, 0.1) is 18.7 Å². The highest BCUT2D eigenvalue weighted by Crippen LogP contribution is 2.07. The van der Waals surface area contributed by atoms with E-state index in [1.54, 1.807) is 20.9 Å². The largest absolute Gasteiger partial charge is 0.383 e. The van der Waals surface area contributed by atoms with Crippen LogP contribution in [-0.2, 0) is 23.9 Å². The van der Waals surface area contributed by atoms with Crippen molar-refractivity contribution in [2.24, 2.45) is 11.7 Å². The fourth-order valence-electron chi connectivity index (χ4n) is 3.01. The number of rotatable bonds is 17. The quantitative estimate of drug-likeness (QED) is 0.143. The molecule has 0 aromatic rings. The van der Waals surface area contributed by atoms with Crippen molar-refractivity contribution in [2.75, 3.05) is 33.9 Å². The highest BCUT2D eigenvalue weighted by molar-refractivity contribution is 5.93. The molecule has 3 atom stereocenters. The Morgan fingerprint density at radius 3 is 2.09 bits per heavy atom. The van der Waals surface area contributed by atoms with Gasteiger partial charge >= 0.3 is 6.03 Å². The molecule has 190 valence electrons. The second-order valence-electron chi connectivity index (χ2n) is 8.06. The van der Waals surface area contributed by atoms with Crippen molar-refractivity contribution in [3.63, 3.8) is 0 Å². The van der Waals surface area contributed by atoms with Gasteiger partial charge in [-0.2, -0.15) is 0 Å². The molecule has 0 heterocycles. The molecular formula is C21H40N6O6. The molecule has 33 heavy (non-hydrogen) atoms. The van der Waals surface area contributed by atoms with E-state index >= 15 is 0 Å². The first kappa shape index (κ1) is 30.3. The summed E-state index contributed by atoms with van der Waals surface area (Å²) in [6.45, 7) is 5.99. The van der Waals surface area contributed by atoms with Crippen molar-refractivity contribution in [3.8, 4) is 0 Å². The molecule has 0 aliphatic rings. The minimum atomic E-state index is -0.866. The summed E-state index contributed by atoms with van der Waals surface area (Å²) < 4.78 is 4.87. The topological polar surface area (TPSA) is 181 Å². The lowest BCUT2D eigenvalue weighted by molar-refractivity contribution is -0.133. The highest BCUT2D eigenvalue weighted by Gasteiger charge is 2.29. The Labute approximate surface area is 195 Å². The Bertz CT molecular complexity index is 657. The smallest absolute Gasteiger partial charge is 0.312 e. The SMILES string of the molecule is CNC(CCC(=O)NCCOC)C(=O)NC(C(=O)NC(CCCNC(N)=O)C(C)=O)C(C)C. The van der Waals surface area contributed by atoms with Crippen LogP contribution in [0.15, 0.2) is 0 Å². The molecule has 0 bridgehead atoms. The maximum Gasteiger partial charge on any atom is 0.312 e. The molecule has 0 fully saturated rings. The van der Waals surface area contributed by atoms with E-state index < -0.39 is 36.0 Å². The number of urea groups is 1. The summed E-state index contributed by atoms with van der Waals surface area (Å²) in [6, 6.07) is -2.95. The molecule has 3 unspecified atom stereocenters. The van der Waals surface area contributed by atoms with Crippen molar-refractivity contribution < 1.29 is 28.7 Å². The Hall–Kier alpha value is -2.73. The molecule has 5 amide bonds. The number of nitrogens with one attached hydrogen (secondary N) is 5. The Morgan fingerprint density at radius 1 is 0.909 bits per heavy atom. The van der Waals surface area contributed by atoms with Gasteiger partial charge in [0.15, 0.2) is 5.78 Å². The summed E-state index contributed by atoms with van der Waals surface area (Å²) in [5.74, 6) is -1.57. The van der Waals surface area contributed by atoms with Crippen molar-refractivity contribution in [1.29, 1.82) is 0 Å². The zero-order valence-electron chi connectivity index (χ0n) is 20.3. The summed E-state index contributed by atoms with van der Waals surface area (Å²) in [6.07, 6.45) is 1.14. The number of ether oxygens (including phenoxy) is 1. The molecule has 12 heteroatoms. The normalized spacial score (nSPS) is 13.5. The number of carbonyl (C=O) groups excluding carboxylic acids is 5. The van der Waals surface area contributed by atoms with Crippen LogP contribution in [0.1, 0.15) is 46.5 Å². The maximum atomic E-state index is 12.8. The summed E-state index contributed by atoms with van der Waals surface area (Å²) in [4.78, 5) is 60.1. The number of carbonyl (C=O) groups is 5. The third-order valence-electron chi connectivity index (χ3n) is 4.98. The zero-order valence-corrected chi connectivity index (χ0v) is 20.3. The van der Waals surface area contributed by atoms with Crippen LogP contribution in [0.3, 0.4) is 0 Å². The van der Waals surface area contributed by atoms with E-state index in [9.17, 15) is 24.0 Å². The van der Waals surface area contributed by atoms with Gasteiger partial charge in [0.25, 0.3) is 0 Å². The van der Waals surface area contributed by atoms with Gasteiger partial charge in [0, 0.05) is 26.6 Å². The third-order valence-corrected chi connectivity index (χ3v) is 4.98. The monoisotopic (exact) mass is 472 g/mol. The summed E-state index contributed by atoms with van der Waals surface area (Å²) >= 11 is 0. The van der Waals surface area contributed by atoms with Crippen molar-refractivity contribution >= 4 is 29.5 Å².